The number of rotatable bonds is 3. The molecule has 4 rings (SSSR count). The third-order valence-electron chi connectivity index (χ3n) is 5.53. The number of hydrogen-bond donors (Lipinski definition) is 1. The van der Waals surface area contributed by atoms with Crippen LogP contribution >= 0.6 is 0 Å². The van der Waals surface area contributed by atoms with E-state index in [9.17, 15) is 10.1 Å². The number of carbonyl (C=O) groups excluding carboxylic acids is 1. The lowest BCUT2D eigenvalue weighted by molar-refractivity contribution is 0.0975. The largest absolute Gasteiger partial charge is 0.360 e. The lowest BCUT2D eigenvalue weighted by Gasteiger charge is -2.38. The van der Waals surface area contributed by atoms with E-state index in [1.54, 1.807) is 4.90 Å². The van der Waals surface area contributed by atoms with Crippen LogP contribution in [0.4, 0.5) is 11.4 Å². The molecule has 0 spiro atoms. The van der Waals surface area contributed by atoms with Crippen molar-refractivity contribution in [3.63, 3.8) is 0 Å². The van der Waals surface area contributed by atoms with Crippen LogP contribution in [0.3, 0.4) is 0 Å². The normalized spacial score (nSPS) is 15.7. The number of carbonyl (C=O) groups is 1. The molecule has 0 radical (unpaired) electrons. The van der Waals surface area contributed by atoms with Crippen molar-refractivity contribution in [1.29, 1.82) is 5.26 Å². The van der Waals surface area contributed by atoms with Gasteiger partial charge in [0.05, 0.1) is 5.56 Å². The van der Waals surface area contributed by atoms with Crippen LogP contribution in [-0.4, -0.2) is 10.5 Å². The average Bonchev–Trinajstić information content (AvgIpc) is 3.02. The van der Waals surface area contributed by atoms with Crippen LogP contribution in [0.25, 0.3) is 0 Å². The Morgan fingerprint density at radius 1 is 1.14 bits per heavy atom. The first-order valence-electron chi connectivity index (χ1n) is 9.39. The molecule has 1 aliphatic rings. The molecule has 0 fully saturated rings. The van der Waals surface area contributed by atoms with Gasteiger partial charge in [0.1, 0.15) is 17.9 Å². The van der Waals surface area contributed by atoms with Gasteiger partial charge in [-0.2, -0.15) is 5.26 Å². The number of para-hydroxylation sites is 1. The van der Waals surface area contributed by atoms with Crippen LogP contribution in [-0.2, 0) is 13.5 Å². The predicted molar refractivity (Wildman–Crippen MR) is 110 cm³/mol. The van der Waals surface area contributed by atoms with Crippen molar-refractivity contribution < 1.29 is 4.79 Å². The van der Waals surface area contributed by atoms with Gasteiger partial charge in [-0.05, 0) is 49.2 Å². The molecule has 5 nitrogen and oxygen atoms in total. The fraction of sp³-hybridized carbons (Fsp3) is 0.217. The highest BCUT2D eigenvalue weighted by Gasteiger charge is 2.35. The second-order valence-electron chi connectivity index (χ2n) is 7.03. The summed E-state index contributed by atoms with van der Waals surface area (Å²) in [6, 6.07) is 19.7. The number of nitrogens with one attached hydrogen (secondary N) is 1. The summed E-state index contributed by atoms with van der Waals surface area (Å²) in [5.41, 5.74) is 5.95. The highest BCUT2D eigenvalue weighted by Crippen LogP contribution is 2.38. The fourth-order valence-corrected chi connectivity index (χ4v) is 3.74. The molecule has 0 saturated heterocycles. The van der Waals surface area contributed by atoms with Gasteiger partial charge in [-0.25, -0.2) is 0 Å². The summed E-state index contributed by atoms with van der Waals surface area (Å²) in [6.07, 6.45) is 0.561. The highest BCUT2D eigenvalue weighted by atomic mass is 16.2. The molecule has 0 saturated carbocycles. The number of amides is 1. The zero-order valence-electron chi connectivity index (χ0n) is 16.2. The summed E-state index contributed by atoms with van der Waals surface area (Å²) in [6.45, 7) is 4.08. The third kappa shape index (κ3) is 2.74. The van der Waals surface area contributed by atoms with Crippen LogP contribution in [0.15, 0.2) is 54.6 Å². The van der Waals surface area contributed by atoms with E-state index in [2.05, 4.69) is 30.4 Å². The van der Waals surface area contributed by atoms with Crippen LogP contribution in [0.5, 0.6) is 0 Å². The van der Waals surface area contributed by atoms with Crippen molar-refractivity contribution in [2.75, 3.05) is 10.2 Å². The zero-order valence-corrected chi connectivity index (χ0v) is 16.2. The van der Waals surface area contributed by atoms with Gasteiger partial charge in [0.15, 0.2) is 0 Å². The summed E-state index contributed by atoms with van der Waals surface area (Å²) >= 11 is 0. The Bertz CT molecular complexity index is 1090. The summed E-state index contributed by atoms with van der Waals surface area (Å²) < 4.78 is 1.86. The molecule has 0 bridgehead atoms. The fourth-order valence-electron chi connectivity index (χ4n) is 3.74. The zero-order chi connectivity index (χ0) is 19.8. The average molecular weight is 370 g/mol. The number of fused-ring (bicyclic) bond motifs is 1. The van der Waals surface area contributed by atoms with E-state index < -0.39 is 0 Å². The van der Waals surface area contributed by atoms with Gasteiger partial charge >= 0.3 is 0 Å². The number of benzene rings is 2. The van der Waals surface area contributed by atoms with Gasteiger partial charge in [-0.15, -0.1) is 0 Å². The minimum absolute atomic E-state index is 0.0506. The van der Waals surface area contributed by atoms with Gasteiger partial charge in [0, 0.05) is 29.7 Å². The van der Waals surface area contributed by atoms with Gasteiger partial charge in [-0.1, -0.05) is 31.2 Å². The Labute approximate surface area is 164 Å². The quantitative estimate of drug-likeness (QED) is 0.736. The van der Waals surface area contributed by atoms with E-state index >= 15 is 0 Å². The standard InChI is InChI=1S/C23H22N4O/c1-4-16-9-11-17(12-10-16)27-22(20-13-18(14-24)26(3)15(20)2)25-21-8-6-5-7-19(21)23(27)28/h5-13,22,25H,4H2,1-3H3/t22-/m0/s1. The first kappa shape index (κ1) is 17.9. The number of aryl methyl sites for hydroxylation is 1. The van der Waals surface area contributed by atoms with Crippen molar-refractivity contribution in [3.05, 3.63) is 82.7 Å². The molecule has 140 valence electrons. The highest BCUT2D eigenvalue weighted by molar-refractivity contribution is 6.12. The van der Waals surface area contributed by atoms with Crippen molar-refractivity contribution in [2.24, 2.45) is 7.05 Å². The first-order valence-corrected chi connectivity index (χ1v) is 9.39. The molecular formula is C23H22N4O. The lowest BCUT2D eigenvalue weighted by Crippen LogP contribution is -2.43. The van der Waals surface area contributed by atoms with Crippen molar-refractivity contribution in [1.82, 2.24) is 4.57 Å². The summed E-state index contributed by atoms with van der Waals surface area (Å²) in [4.78, 5) is 15.2. The van der Waals surface area contributed by atoms with E-state index in [0.717, 1.165) is 29.1 Å². The molecule has 2 aromatic carbocycles. The van der Waals surface area contributed by atoms with Crippen molar-refractivity contribution >= 4 is 17.3 Å². The molecule has 28 heavy (non-hydrogen) atoms. The predicted octanol–water partition coefficient (Wildman–Crippen LogP) is 4.54. The van der Waals surface area contributed by atoms with E-state index in [1.165, 1.54) is 5.56 Å². The van der Waals surface area contributed by atoms with Gasteiger partial charge in [0.25, 0.3) is 5.91 Å². The molecular weight excluding hydrogens is 348 g/mol. The Balaban J connectivity index is 1.88. The van der Waals surface area contributed by atoms with Crippen LogP contribution in [0.1, 0.15) is 46.0 Å². The van der Waals surface area contributed by atoms with Crippen LogP contribution < -0.4 is 10.2 Å². The number of anilines is 2. The first-order chi connectivity index (χ1) is 13.5. The van der Waals surface area contributed by atoms with E-state index in [4.69, 9.17) is 0 Å². The molecule has 3 aromatic rings. The monoisotopic (exact) mass is 370 g/mol. The van der Waals surface area contributed by atoms with Gasteiger partial charge in [-0.3, -0.25) is 9.69 Å². The summed E-state index contributed by atoms with van der Waals surface area (Å²) in [7, 11) is 1.87. The summed E-state index contributed by atoms with van der Waals surface area (Å²) in [5.74, 6) is -0.0506. The summed E-state index contributed by atoms with van der Waals surface area (Å²) in [5, 5.41) is 12.9. The van der Waals surface area contributed by atoms with Gasteiger partial charge in [0.2, 0.25) is 0 Å². The molecule has 0 aliphatic carbocycles. The number of nitrogens with zero attached hydrogens (tertiary/aromatic N) is 3. The second kappa shape index (κ2) is 6.90. The molecule has 1 aliphatic heterocycles. The maximum Gasteiger partial charge on any atom is 0.262 e. The van der Waals surface area contributed by atoms with E-state index in [-0.39, 0.29) is 12.1 Å². The molecule has 5 heteroatoms. The maximum atomic E-state index is 13.4. The van der Waals surface area contributed by atoms with E-state index in [1.807, 2.05) is 61.0 Å². The SMILES string of the molecule is CCc1ccc(N2C(=O)c3ccccc3N[C@@H]2c2cc(C#N)n(C)c2C)cc1. The van der Waals surface area contributed by atoms with Gasteiger partial charge < -0.3 is 9.88 Å². The van der Waals surface area contributed by atoms with Crippen molar-refractivity contribution in [2.45, 2.75) is 26.4 Å². The molecule has 1 atom stereocenters. The molecule has 1 N–H and O–H groups in total. The molecule has 1 aromatic heterocycles. The van der Waals surface area contributed by atoms with Crippen LogP contribution in [0.2, 0.25) is 0 Å². The Hall–Kier alpha value is -3.52. The number of aromatic nitrogens is 1. The second-order valence-corrected chi connectivity index (χ2v) is 7.03. The minimum atomic E-state index is -0.386. The third-order valence-corrected chi connectivity index (χ3v) is 5.53. The molecule has 2 heterocycles. The van der Waals surface area contributed by atoms with Crippen LogP contribution in [0, 0.1) is 18.3 Å². The number of nitriles is 1. The Morgan fingerprint density at radius 3 is 2.50 bits per heavy atom. The Morgan fingerprint density at radius 2 is 1.86 bits per heavy atom. The maximum absolute atomic E-state index is 13.4. The van der Waals surface area contributed by atoms with Crippen molar-refractivity contribution in [3.8, 4) is 6.07 Å². The lowest BCUT2D eigenvalue weighted by atomic mass is 10.0. The number of hydrogen-bond acceptors (Lipinski definition) is 3. The van der Waals surface area contributed by atoms with E-state index in [0.29, 0.717) is 11.3 Å². The molecule has 0 unspecified atom stereocenters. The topological polar surface area (TPSA) is 61.1 Å². The minimum Gasteiger partial charge on any atom is -0.360 e. The molecule has 1 amide bonds. The smallest absolute Gasteiger partial charge is 0.262 e. The Kier molecular flexibility index (Phi) is 4.40.